The summed E-state index contributed by atoms with van der Waals surface area (Å²) in [5.41, 5.74) is 0.846. The van der Waals surface area contributed by atoms with E-state index >= 15 is 0 Å². The van der Waals surface area contributed by atoms with Crippen molar-refractivity contribution in [3.8, 4) is 0 Å². The molecule has 1 unspecified atom stereocenters. The minimum Gasteiger partial charge on any atom is -0.480 e. The summed E-state index contributed by atoms with van der Waals surface area (Å²) in [6.07, 6.45) is 3.11. The highest BCUT2D eigenvalue weighted by Crippen LogP contribution is 2.26. The Kier molecular flexibility index (Phi) is 6.87. The van der Waals surface area contributed by atoms with Gasteiger partial charge < -0.3 is 19.9 Å². The first kappa shape index (κ1) is 17.3. The molecule has 1 amide bonds. The molecule has 1 atom stereocenters. The predicted octanol–water partition coefficient (Wildman–Crippen LogP) is 2.57. The zero-order chi connectivity index (χ0) is 16.5. The largest absolute Gasteiger partial charge is 0.480 e. The minimum absolute atomic E-state index is 0.108. The van der Waals surface area contributed by atoms with Crippen molar-refractivity contribution >= 4 is 12.1 Å². The van der Waals surface area contributed by atoms with E-state index in [0.717, 1.165) is 5.56 Å². The highest BCUT2D eigenvalue weighted by atomic mass is 16.5. The van der Waals surface area contributed by atoms with Gasteiger partial charge in [-0.25, -0.2) is 9.59 Å². The van der Waals surface area contributed by atoms with E-state index in [4.69, 9.17) is 14.6 Å². The normalized spacial score (nSPS) is 15.5. The third-order valence-electron chi connectivity index (χ3n) is 3.93. The number of carbonyl (C=O) groups excluding carboxylic acids is 1. The Morgan fingerprint density at radius 1 is 1.26 bits per heavy atom. The van der Waals surface area contributed by atoms with Crippen LogP contribution in [0.4, 0.5) is 4.79 Å². The third-order valence-corrected chi connectivity index (χ3v) is 3.93. The van der Waals surface area contributed by atoms with E-state index in [1.807, 2.05) is 30.3 Å². The van der Waals surface area contributed by atoms with Gasteiger partial charge in [0.15, 0.2) is 0 Å². The van der Waals surface area contributed by atoms with Crippen molar-refractivity contribution in [3.63, 3.8) is 0 Å². The van der Waals surface area contributed by atoms with Crippen LogP contribution in [-0.4, -0.2) is 36.4 Å². The van der Waals surface area contributed by atoms with Gasteiger partial charge in [-0.2, -0.15) is 0 Å². The van der Waals surface area contributed by atoms with Crippen molar-refractivity contribution in [1.82, 2.24) is 5.32 Å². The summed E-state index contributed by atoms with van der Waals surface area (Å²) in [6.45, 7) is 1.09. The molecule has 6 nitrogen and oxygen atoms in total. The Balaban J connectivity index is 1.65. The zero-order valence-electron chi connectivity index (χ0n) is 13.1. The maximum atomic E-state index is 11.7. The molecule has 1 aromatic rings. The second-order valence-corrected chi connectivity index (χ2v) is 5.76. The maximum absolute atomic E-state index is 11.7. The summed E-state index contributed by atoms with van der Waals surface area (Å²) >= 11 is 0. The summed E-state index contributed by atoms with van der Waals surface area (Å²) in [7, 11) is 0. The van der Waals surface area contributed by atoms with E-state index in [0.29, 0.717) is 19.1 Å². The molecular formula is C17H23NO5. The van der Waals surface area contributed by atoms with Crippen molar-refractivity contribution in [2.45, 2.75) is 38.3 Å². The van der Waals surface area contributed by atoms with Gasteiger partial charge in [0.05, 0.1) is 0 Å². The Morgan fingerprint density at radius 3 is 2.61 bits per heavy atom. The van der Waals surface area contributed by atoms with Crippen molar-refractivity contribution < 1.29 is 24.2 Å². The SMILES string of the molecule is O=C(NC(CCOCC1CCC1)C(=O)O)OCc1ccccc1. The molecular weight excluding hydrogens is 298 g/mol. The van der Waals surface area contributed by atoms with Gasteiger partial charge in [0.1, 0.15) is 12.6 Å². The molecule has 1 aliphatic rings. The standard InChI is InChI=1S/C17H23NO5/c19-16(20)15(9-10-22-11-13-7-4-8-13)18-17(21)23-12-14-5-2-1-3-6-14/h1-3,5-6,13,15H,4,7-12H2,(H,18,21)(H,19,20). The van der Waals surface area contributed by atoms with E-state index in [2.05, 4.69) is 5.32 Å². The lowest BCUT2D eigenvalue weighted by Crippen LogP contribution is -2.41. The molecule has 6 heteroatoms. The van der Waals surface area contributed by atoms with Gasteiger partial charge in [-0.05, 0) is 24.3 Å². The molecule has 1 saturated carbocycles. The van der Waals surface area contributed by atoms with Gasteiger partial charge in [-0.3, -0.25) is 0 Å². The van der Waals surface area contributed by atoms with Gasteiger partial charge in [0.25, 0.3) is 0 Å². The fraction of sp³-hybridized carbons (Fsp3) is 0.529. The molecule has 0 saturated heterocycles. The molecule has 23 heavy (non-hydrogen) atoms. The second kappa shape index (κ2) is 9.15. The van der Waals surface area contributed by atoms with Crippen LogP contribution in [0, 0.1) is 5.92 Å². The number of hydrogen-bond acceptors (Lipinski definition) is 4. The van der Waals surface area contributed by atoms with Crippen molar-refractivity contribution in [2.75, 3.05) is 13.2 Å². The number of hydrogen-bond donors (Lipinski definition) is 2. The number of benzene rings is 1. The van der Waals surface area contributed by atoms with E-state index in [9.17, 15) is 9.59 Å². The Labute approximate surface area is 135 Å². The van der Waals surface area contributed by atoms with Crippen LogP contribution in [0.2, 0.25) is 0 Å². The van der Waals surface area contributed by atoms with Crippen molar-refractivity contribution in [3.05, 3.63) is 35.9 Å². The minimum atomic E-state index is -1.09. The first-order valence-electron chi connectivity index (χ1n) is 7.93. The number of carboxylic acid groups (broad SMARTS) is 1. The number of amides is 1. The summed E-state index contributed by atoms with van der Waals surface area (Å²) in [6, 6.07) is 8.21. The van der Waals surface area contributed by atoms with Crippen LogP contribution < -0.4 is 5.32 Å². The Hall–Kier alpha value is -2.08. The molecule has 2 rings (SSSR count). The molecule has 0 spiro atoms. The highest BCUT2D eigenvalue weighted by molar-refractivity contribution is 5.79. The van der Waals surface area contributed by atoms with Crippen LogP contribution in [-0.2, 0) is 20.9 Å². The summed E-state index contributed by atoms with van der Waals surface area (Å²) in [4.78, 5) is 22.9. The van der Waals surface area contributed by atoms with Gasteiger partial charge in [-0.1, -0.05) is 36.8 Å². The predicted molar refractivity (Wildman–Crippen MR) is 84.0 cm³/mol. The number of ether oxygens (including phenoxy) is 2. The number of aliphatic carboxylic acids is 1. The average molecular weight is 321 g/mol. The van der Waals surface area contributed by atoms with Crippen LogP contribution >= 0.6 is 0 Å². The number of rotatable bonds is 9. The summed E-state index contributed by atoms with van der Waals surface area (Å²) < 4.78 is 10.5. The van der Waals surface area contributed by atoms with Crippen LogP contribution in [0.1, 0.15) is 31.2 Å². The second-order valence-electron chi connectivity index (χ2n) is 5.76. The molecule has 0 bridgehead atoms. The fourth-order valence-corrected chi connectivity index (χ4v) is 2.28. The highest BCUT2D eigenvalue weighted by Gasteiger charge is 2.21. The lowest BCUT2D eigenvalue weighted by Gasteiger charge is -2.25. The fourth-order valence-electron chi connectivity index (χ4n) is 2.28. The van der Waals surface area contributed by atoms with Crippen LogP contribution in [0.25, 0.3) is 0 Å². The topological polar surface area (TPSA) is 84.9 Å². The van der Waals surface area contributed by atoms with Crippen molar-refractivity contribution in [1.29, 1.82) is 0 Å². The molecule has 126 valence electrons. The van der Waals surface area contributed by atoms with Crippen LogP contribution in [0.15, 0.2) is 30.3 Å². The molecule has 0 aromatic heterocycles. The monoisotopic (exact) mass is 321 g/mol. The zero-order valence-corrected chi connectivity index (χ0v) is 13.1. The van der Waals surface area contributed by atoms with E-state index in [1.165, 1.54) is 19.3 Å². The van der Waals surface area contributed by atoms with Gasteiger partial charge in [0.2, 0.25) is 0 Å². The van der Waals surface area contributed by atoms with E-state index in [1.54, 1.807) is 0 Å². The molecule has 0 radical (unpaired) electrons. The number of carbonyl (C=O) groups is 2. The lowest BCUT2D eigenvalue weighted by atomic mass is 9.86. The molecule has 0 aliphatic heterocycles. The van der Waals surface area contributed by atoms with E-state index in [-0.39, 0.29) is 13.0 Å². The lowest BCUT2D eigenvalue weighted by molar-refractivity contribution is -0.140. The number of carboxylic acids is 1. The smallest absolute Gasteiger partial charge is 0.408 e. The first-order chi connectivity index (χ1) is 11.1. The van der Waals surface area contributed by atoms with Crippen LogP contribution in [0.5, 0.6) is 0 Å². The molecule has 1 aliphatic carbocycles. The Bertz CT molecular complexity index is 501. The van der Waals surface area contributed by atoms with Gasteiger partial charge in [0, 0.05) is 19.6 Å². The summed E-state index contributed by atoms with van der Waals surface area (Å²) in [5, 5.41) is 11.5. The third kappa shape index (κ3) is 6.28. The molecule has 1 fully saturated rings. The quantitative estimate of drug-likeness (QED) is 0.683. The number of nitrogens with one attached hydrogen (secondary N) is 1. The summed E-state index contributed by atoms with van der Waals surface area (Å²) in [5.74, 6) is -0.476. The van der Waals surface area contributed by atoms with Crippen LogP contribution in [0.3, 0.4) is 0 Å². The van der Waals surface area contributed by atoms with Gasteiger partial charge >= 0.3 is 12.1 Å². The molecule has 0 heterocycles. The molecule has 2 N–H and O–H groups in total. The number of alkyl carbamates (subject to hydrolysis) is 1. The Morgan fingerprint density at radius 2 is 2.00 bits per heavy atom. The van der Waals surface area contributed by atoms with Crippen molar-refractivity contribution in [2.24, 2.45) is 5.92 Å². The average Bonchev–Trinajstić information content (AvgIpc) is 2.50. The van der Waals surface area contributed by atoms with Gasteiger partial charge in [-0.15, -0.1) is 0 Å². The van der Waals surface area contributed by atoms with E-state index < -0.39 is 18.1 Å². The molecule has 1 aromatic carbocycles. The first-order valence-corrected chi connectivity index (χ1v) is 7.93. The maximum Gasteiger partial charge on any atom is 0.408 e.